The highest BCUT2D eigenvalue weighted by Gasteiger charge is 2.39. The van der Waals surface area contributed by atoms with Crippen molar-refractivity contribution in [2.75, 3.05) is 4.90 Å². The molecule has 2 heterocycles. The number of nitrogens with zero attached hydrogens (tertiary/aromatic N) is 1. The number of benzene rings is 1. The molecule has 21 heavy (non-hydrogen) atoms. The summed E-state index contributed by atoms with van der Waals surface area (Å²) in [6.45, 7) is 0.173. The van der Waals surface area contributed by atoms with E-state index < -0.39 is 23.4 Å². The van der Waals surface area contributed by atoms with Gasteiger partial charge in [-0.25, -0.2) is 0 Å². The fraction of sp³-hybridized carbons (Fsp3) is 0.143. The lowest BCUT2D eigenvalue weighted by Gasteiger charge is -2.16. The van der Waals surface area contributed by atoms with E-state index in [0.717, 1.165) is 17.7 Å². The van der Waals surface area contributed by atoms with Gasteiger partial charge in [0.05, 0.1) is 23.4 Å². The van der Waals surface area contributed by atoms with Gasteiger partial charge >= 0.3 is 6.18 Å². The Kier molecular flexibility index (Phi) is 3.09. The maximum atomic E-state index is 12.7. The van der Waals surface area contributed by atoms with Gasteiger partial charge in [-0.2, -0.15) is 24.5 Å². The van der Waals surface area contributed by atoms with Gasteiger partial charge in [0, 0.05) is 0 Å². The summed E-state index contributed by atoms with van der Waals surface area (Å²) in [5.41, 5.74) is -0.0667. The van der Waals surface area contributed by atoms with Gasteiger partial charge in [0.25, 0.3) is 11.7 Å². The zero-order chi connectivity index (χ0) is 15.2. The van der Waals surface area contributed by atoms with E-state index in [1.807, 2.05) is 10.8 Å². The van der Waals surface area contributed by atoms with E-state index in [1.165, 1.54) is 22.3 Å². The molecule has 1 aromatic carbocycles. The number of hydrogen-bond acceptors (Lipinski definition) is 3. The third kappa shape index (κ3) is 2.33. The molecular weight excluding hydrogens is 303 g/mol. The van der Waals surface area contributed by atoms with Crippen molar-refractivity contribution in [3.63, 3.8) is 0 Å². The molecule has 1 amide bonds. The highest BCUT2D eigenvalue weighted by atomic mass is 32.1. The van der Waals surface area contributed by atoms with Crippen LogP contribution in [0, 0.1) is 0 Å². The van der Waals surface area contributed by atoms with Crippen LogP contribution in [0.15, 0.2) is 35.0 Å². The molecule has 3 rings (SSSR count). The number of amides is 1. The Morgan fingerprint density at radius 3 is 2.52 bits per heavy atom. The van der Waals surface area contributed by atoms with Crippen LogP contribution in [0.2, 0.25) is 0 Å². The Morgan fingerprint density at radius 1 is 1.14 bits per heavy atom. The zero-order valence-electron chi connectivity index (χ0n) is 10.5. The Hall–Kier alpha value is -2.15. The van der Waals surface area contributed by atoms with Crippen LogP contribution in [-0.4, -0.2) is 11.7 Å². The first-order chi connectivity index (χ1) is 9.88. The van der Waals surface area contributed by atoms with Crippen molar-refractivity contribution in [3.8, 4) is 0 Å². The Labute approximate surface area is 121 Å². The fourth-order valence-corrected chi connectivity index (χ4v) is 2.86. The van der Waals surface area contributed by atoms with Gasteiger partial charge in [0.2, 0.25) is 0 Å². The standard InChI is InChI=1S/C14H8F3NO2S/c15-14(16,17)9-1-2-11-10(5-9)12(19)13(20)18(11)6-8-3-4-21-7-8/h1-5,7H,6H2. The first-order valence-corrected chi connectivity index (χ1v) is 6.91. The summed E-state index contributed by atoms with van der Waals surface area (Å²) in [4.78, 5) is 25.0. The van der Waals surface area contributed by atoms with Crippen molar-refractivity contribution in [1.82, 2.24) is 0 Å². The smallest absolute Gasteiger partial charge is 0.300 e. The van der Waals surface area contributed by atoms with Crippen molar-refractivity contribution < 1.29 is 22.8 Å². The molecule has 1 aromatic heterocycles. The molecule has 0 unspecified atom stereocenters. The number of fused-ring (bicyclic) bond motifs is 1. The normalized spacial score (nSPS) is 14.7. The number of anilines is 1. The number of thiophene rings is 1. The lowest BCUT2D eigenvalue weighted by molar-refractivity contribution is -0.137. The van der Waals surface area contributed by atoms with E-state index in [9.17, 15) is 22.8 Å². The first-order valence-electron chi connectivity index (χ1n) is 5.96. The van der Waals surface area contributed by atoms with Gasteiger partial charge < -0.3 is 4.90 Å². The van der Waals surface area contributed by atoms with E-state index in [1.54, 1.807) is 6.07 Å². The number of rotatable bonds is 2. The Balaban J connectivity index is 2.01. The van der Waals surface area contributed by atoms with Gasteiger partial charge in [0.1, 0.15) is 0 Å². The van der Waals surface area contributed by atoms with Gasteiger partial charge in [-0.05, 0) is 40.6 Å². The predicted molar refractivity (Wildman–Crippen MR) is 71.3 cm³/mol. The molecule has 7 heteroatoms. The molecule has 0 spiro atoms. The topological polar surface area (TPSA) is 37.4 Å². The zero-order valence-corrected chi connectivity index (χ0v) is 11.3. The second-order valence-electron chi connectivity index (χ2n) is 4.58. The third-order valence-electron chi connectivity index (χ3n) is 3.22. The van der Waals surface area contributed by atoms with Crippen molar-refractivity contribution >= 4 is 28.7 Å². The van der Waals surface area contributed by atoms with Crippen molar-refractivity contribution in [1.29, 1.82) is 0 Å². The third-order valence-corrected chi connectivity index (χ3v) is 3.95. The lowest BCUT2D eigenvalue weighted by atomic mass is 10.1. The van der Waals surface area contributed by atoms with Crippen molar-refractivity contribution in [2.45, 2.75) is 12.7 Å². The summed E-state index contributed by atoms with van der Waals surface area (Å²) in [5, 5.41) is 3.64. The fourth-order valence-electron chi connectivity index (χ4n) is 2.20. The molecule has 0 fully saturated rings. The number of ketones is 1. The maximum Gasteiger partial charge on any atom is 0.416 e. The summed E-state index contributed by atoms with van der Waals surface area (Å²) in [7, 11) is 0. The monoisotopic (exact) mass is 311 g/mol. The minimum Gasteiger partial charge on any atom is -0.300 e. The SMILES string of the molecule is O=C1C(=O)N(Cc2ccsc2)c2ccc(C(F)(F)F)cc21. The van der Waals surface area contributed by atoms with Gasteiger partial charge in [0.15, 0.2) is 0 Å². The van der Waals surface area contributed by atoms with E-state index in [0.29, 0.717) is 0 Å². The summed E-state index contributed by atoms with van der Waals surface area (Å²) in [5.74, 6) is -1.69. The van der Waals surface area contributed by atoms with Crippen LogP contribution in [0.3, 0.4) is 0 Å². The molecule has 0 atom stereocenters. The minimum absolute atomic E-state index is 0.173. The molecule has 0 saturated carbocycles. The lowest BCUT2D eigenvalue weighted by Crippen LogP contribution is -2.28. The number of carbonyl (C=O) groups is 2. The Morgan fingerprint density at radius 2 is 1.90 bits per heavy atom. The number of Topliss-reactive ketones (excluding diaryl/α,β-unsaturated/α-hetero) is 1. The van der Waals surface area contributed by atoms with Gasteiger partial charge in [-0.1, -0.05) is 0 Å². The molecule has 0 saturated heterocycles. The quantitative estimate of drug-likeness (QED) is 0.796. The average molecular weight is 311 g/mol. The van der Waals surface area contributed by atoms with Crippen LogP contribution < -0.4 is 4.90 Å². The number of halogens is 3. The molecule has 3 nitrogen and oxygen atoms in total. The molecule has 2 aromatic rings. The molecule has 0 aliphatic carbocycles. The molecular formula is C14H8F3NO2S. The summed E-state index contributed by atoms with van der Waals surface area (Å²) in [6, 6.07) is 4.59. The van der Waals surface area contributed by atoms with Crippen LogP contribution in [-0.2, 0) is 17.5 Å². The van der Waals surface area contributed by atoms with Crippen LogP contribution in [0.5, 0.6) is 0 Å². The van der Waals surface area contributed by atoms with Crippen molar-refractivity contribution in [3.05, 3.63) is 51.7 Å². The first kappa shape index (κ1) is 13.8. The summed E-state index contributed by atoms with van der Waals surface area (Å²) < 4.78 is 38.0. The number of carbonyl (C=O) groups excluding carboxylic acids is 2. The summed E-state index contributed by atoms with van der Waals surface area (Å²) >= 11 is 1.44. The average Bonchev–Trinajstić information content (AvgIpc) is 3.01. The highest BCUT2D eigenvalue weighted by molar-refractivity contribution is 7.07. The van der Waals surface area contributed by atoms with E-state index in [-0.39, 0.29) is 17.8 Å². The Bertz CT molecular complexity index is 722. The number of hydrogen-bond donors (Lipinski definition) is 0. The second-order valence-corrected chi connectivity index (χ2v) is 5.36. The van der Waals surface area contributed by atoms with E-state index in [2.05, 4.69) is 0 Å². The van der Waals surface area contributed by atoms with Crippen LogP contribution in [0.25, 0.3) is 0 Å². The molecule has 1 aliphatic rings. The molecule has 0 N–H and O–H groups in total. The van der Waals surface area contributed by atoms with Crippen LogP contribution in [0.4, 0.5) is 18.9 Å². The van der Waals surface area contributed by atoms with Crippen molar-refractivity contribution in [2.24, 2.45) is 0 Å². The molecule has 1 aliphatic heterocycles. The largest absolute Gasteiger partial charge is 0.416 e. The van der Waals surface area contributed by atoms with Gasteiger partial charge in [-0.3, -0.25) is 9.59 Å². The van der Waals surface area contributed by atoms with Crippen LogP contribution in [0.1, 0.15) is 21.5 Å². The summed E-state index contributed by atoms with van der Waals surface area (Å²) in [6.07, 6.45) is -4.54. The molecule has 0 bridgehead atoms. The predicted octanol–water partition coefficient (Wildman–Crippen LogP) is 3.50. The van der Waals surface area contributed by atoms with E-state index >= 15 is 0 Å². The minimum atomic E-state index is -4.54. The second kappa shape index (κ2) is 4.70. The van der Waals surface area contributed by atoms with Gasteiger partial charge in [-0.15, -0.1) is 0 Å². The number of alkyl halides is 3. The molecule has 108 valence electrons. The maximum absolute atomic E-state index is 12.7. The highest BCUT2D eigenvalue weighted by Crippen LogP contribution is 2.36. The van der Waals surface area contributed by atoms with E-state index in [4.69, 9.17) is 0 Å². The molecule has 0 radical (unpaired) electrons. The van der Waals surface area contributed by atoms with Crippen LogP contribution >= 0.6 is 11.3 Å².